The Kier molecular flexibility index (Phi) is 4.56. The highest BCUT2D eigenvalue weighted by atomic mass is 15.1. The molecule has 4 nitrogen and oxygen atoms in total. The van der Waals surface area contributed by atoms with Gasteiger partial charge in [0.2, 0.25) is 0 Å². The van der Waals surface area contributed by atoms with Crippen LogP contribution in [0, 0.1) is 5.92 Å². The van der Waals surface area contributed by atoms with Gasteiger partial charge in [0, 0.05) is 31.5 Å². The fraction of sp³-hybridized carbons (Fsp3) is 0.533. The number of hydrogen-bond donors (Lipinski definition) is 1. The van der Waals surface area contributed by atoms with Crippen molar-refractivity contribution in [1.82, 2.24) is 19.6 Å². The van der Waals surface area contributed by atoms with E-state index in [9.17, 15) is 0 Å². The first-order valence-electron chi connectivity index (χ1n) is 6.87. The zero-order chi connectivity index (χ0) is 13.8. The Labute approximate surface area is 115 Å². The topological polar surface area (TPSA) is 32.6 Å². The second-order valence-electron chi connectivity index (χ2n) is 5.60. The standard InChI is InChI=1S/C15H24N4/c1-12(2)14(18(3)4)10-16-9-13-11-19-8-6-5-7-15(19)17-13/h5-8,11-12,14,16H,9-10H2,1-4H3. The van der Waals surface area contributed by atoms with E-state index in [1.807, 2.05) is 24.4 Å². The third kappa shape index (κ3) is 3.55. The Morgan fingerprint density at radius 3 is 2.74 bits per heavy atom. The molecular formula is C15H24N4. The summed E-state index contributed by atoms with van der Waals surface area (Å²) in [7, 11) is 4.27. The van der Waals surface area contributed by atoms with Gasteiger partial charge >= 0.3 is 0 Å². The van der Waals surface area contributed by atoms with E-state index in [0.29, 0.717) is 12.0 Å². The van der Waals surface area contributed by atoms with E-state index in [1.165, 1.54) is 0 Å². The molecule has 1 N–H and O–H groups in total. The number of likely N-dealkylation sites (N-methyl/N-ethyl adjacent to an activating group) is 1. The molecule has 0 fully saturated rings. The van der Waals surface area contributed by atoms with Gasteiger partial charge in [0.15, 0.2) is 0 Å². The largest absolute Gasteiger partial charge is 0.310 e. The average Bonchev–Trinajstić information content (AvgIpc) is 2.76. The van der Waals surface area contributed by atoms with Crippen LogP contribution in [-0.4, -0.2) is 41.0 Å². The van der Waals surface area contributed by atoms with Crippen molar-refractivity contribution in [1.29, 1.82) is 0 Å². The van der Waals surface area contributed by atoms with Crippen LogP contribution in [0.3, 0.4) is 0 Å². The van der Waals surface area contributed by atoms with Crippen molar-refractivity contribution in [2.24, 2.45) is 5.92 Å². The fourth-order valence-corrected chi connectivity index (χ4v) is 2.44. The first-order chi connectivity index (χ1) is 9.08. The number of imidazole rings is 1. The second kappa shape index (κ2) is 6.17. The van der Waals surface area contributed by atoms with Gasteiger partial charge in [-0.1, -0.05) is 19.9 Å². The van der Waals surface area contributed by atoms with Gasteiger partial charge in [-0.15, -0.1) is 0 Å². The minimum atomic E-state index is 0.553. The quantitative estimate of drug-likeness (QED) is 0.862. The minimum absolute atomic E-state index is 0.553. The van der Waals surface area contributed by atoms with Gasteiger partial charge in [-0.25, -0.2) is 4.98 Å². The van der Waals surface area contributed by atoms with E-state index < -0.39 is 0 Å². The predicted octanol–water partition coefficient (Wildman–Crippen LogP) is 2.01. The zero-order valence-electron chi connectivity index (χ0n) is 12.3. The molecule has 0 amide bonds. The molecule has 0 aliphatic carbocycles. The minimum Gasteiger partial charge on any atom is -0.310 e. The smallest absolute Gasteiger partial charge is 0.137 e. The molecule has 0 aliphatic heterocycles. The first kappa shape index (κ1) is 14.0. The molecule has 1 unspecified atom stereocenters. The molecule has 2 aromatic rings. The van der Waals surface area contributed by atoms with Crippen LogP contribution < -0.4 is 5.32 Å². The Hall–Kier alpha value is -1.39. The van der Waals surface area contributed by atoms with Crippen molar-refractivity contribution in [3.8, 4) is 0 Å². The SMILES string of the molecule is CC(C)C(CNCc1cn2ccccc2n1)N(C)C. The van der Waals surface area contributed by atoms with Gasteiger partial charge in [0.05, 0.1) is 5.69 Å². The van der Waals surface area contributed by atoms with Gasteiger partial charge in [0.1, 0.15) is 5.65 Å². The molecule has 2 aromatic heterocycles. The summed E-state index contributed by atoms with van der Waals surface area (Å²) < 4.78 is 2.06. The van der Waals surface area contributed by atoms with Crippen LogP contribution in [0.4, 0.5) is 0 Å². The highest BCUT2D eigenvalue weighted by molar-refractivity contribution is 5.39. The molecule has 0 aromatic carbocycles. The van der Waals surface area contributed by atoms with Gasteiger partial charge in [-0.3, -0.25) is 0 Å². The number of aromatic nitrogens is 2. The van der Waals surface area contributed by atoms with E-state index in [-0.39, 0.29) is 0 Å². The third-order valence-corrected chi connectivity index (χ3v) is 3.51. The molecule has 0 bridgehead atoms. The normalized spacial score (nSPS) is 13.6. The van der Waals surface area contributed by atoms with Crippen molar-refractivity contribution in [2.45, 2.75) is 26.4 Å². The molecule has 2 heterocycles. The van der Waals surface area contributed by atoms with Gasteiger partial charge < -0.3 is 14.6 Å². The molecule has 0 saturated carbocycles. The molecule has 0 radical (unpaired) electrons. The van der Waals surface area contributed by atoms with Crippen molar-refractivity contribution in [3.05, 3.63) is 36.3 Å². The Bertz CT molecular complexity index is 475. The van der Waals surface area contributed by atoms with E-state index in [1.54, 1.807) is 0 Å². The van der Waals surface area contributed by atoms with Crippen LogP contribution in [0.1, 0.15) is 19.5 Å². The molecule has 0 spiro atoms. The monoisotopic (exact) mass is 260 g/mol. The molecular weight excluding hydrogens is 236 g/mol. The van der Waals surface area contributed by atoms with E-state index >= 15 is 0 Å². The highest BCUT2D eigenvalue weighted by Crippen LogP contribution is 2.07. The zero-order valence-corrected chi connectivity index (χ0v) is 12.3. The molecule has 0 aliphatic rings. The summed E-state index contributed by atoms with van der Waals surface area (Å²) >= 11 is 0. The lowest BCUT2D eigenvalue weighted by atomic mass is 10.0. The molecule has 4 heteroatoms. The van der Waals surface area contributed by atoms with Crippen molar-refractivity contribution >= 4 is 5.65 Å². The van der Waals surface area contributed by atoms with E-state index in [0.717, 1.165) is 24.4 Å². The summed E-state index contributed by atoms with van der Waals surface area (Å²) in [4.78, 5) is 6.87. The van der Waals surface area contributed by atoms with Crippen LogP contribution >= 0.6 is 0 Å². The number of pyridine rings is 1. The third-order valence-electron chi connectivity index (χ3n) is 3.51. The molecule has 19 heavy (non-hydrogen) atoms. The van der Waals surface area contributed by atoms with Gasteiger partial charge in [-0.2, -0.15) is 0 Å². The van der Waals surface area contributed by atoms with Crippen LogP contribution in [0.2, 0.25) is 0 Å². The number of rotatable bonds is 6. The fourth-order valence-electron chi connectivity index (χ4n) is 2.44. The van der Waals surface area contributed by atoms with Crippen LogP contribution in [-0.2, 0) is 6.54 Å². The Balaban J connectivity index is 1.91. The summed E-state index contributed by atoms with van der Waals surface area (Å²) in [5.41, 5.74) is 2.10. The van der Waals surface area contributed by atoms with Crippen LogP contribution in [0.5, 0.6) is 0 Å². The lowest BCUT2D eigenvalue weighted by molar-refractivity contribution is 0.224. The maximum atomic E-state index is 4.59. The van der Waals surface area contributed by atoms with Crippen molar-refractivity contribution < 1.29 is 0 Å². The lowest BCUT2D eigenvalue weighted by Crippen LogP contribution is -2.41. The van der Waals surface area contributed by atoms with Gasteiger partial charge in [-0.05, 0) is 32.1 Å². The first-order valence-corrected chi connectivity index (χ1v) is 6.87. The second-order valence-corrected chi connectivity index (χ2v) is 5.60. The summed E-state index contributed by atoms with van der Waals surface area (Å²) in [5, 5.41) is 3.51. The van der Waals surface area contributed by atoms with E-state index in [4.69, 9.17) is 0 Å². The van der Waals surface area contributed by atoms with Crippen LogP contribution in [0.15, 0.2) is 30.6 Å². The van der Waals surface area contributed by atoms with Crippen LogP contribution in [0.25, 0.3) is 5.65 Å². The van der Waals surface area contributed by atoms with E-state index in [2.05, 4.69) is 53.7 Å². The summed E-state index contributed by atoms with van der Waals surface area (Å²) in [6, 6.07) is 6.62. The Morgan fingerprint density at radius 1 is 1.32 bits per heavy atom. The molecule has 1 atom stereocenters. The average molecular weight is 260 g/mol. The van der Waals surface area contributed by atoms with Crippen molar-refractivity contribution in [2.75, 3.05) is 20.6 Å². The molecule has 104 valence electrons. The Morgan fingerprint density at radius 2 is 2.11 bits per heavy atom. The van der Waals surface area contributed by atoms with Crippen molar-refractivity contribution in [3.63, 3.8) is 0 Å². The maximum Gasteiger partial charge on any atom is 0.137 e. The summed E-state index contributed by atoms with van der Waals surface area (Å²) in [5.74, 6) is 0.642. The highest BCUT2D eigenvalue weighted by Gasteiger charge is 2.15. The number of fused-ring (bicyclic) bond motifs is 1. The number of hydrogen-bond acceptors (Lipinski definition) is 3. The van der Waals surface area contributed by atoms with Gasteiger partial charge in [0.25, 0.3) is 0 Å². The summed E-state index contributed by atoms with van der Waals surface area (Å²) in [6.07, 6.45) is 4.12. The number of nitrogens with one attached hydrogen (secondary N) is 1. The molecule has 0 saturated heterocycles. The maximum absolute atomic E-state index is 4.59. The molecule has 2 rings (SSSR count). The predicted molar refractivity (Wildman–Crippen MR) is 79.2 cm³/mol. The number of nitrogens with zero attached hydrogens (tertiary/aromatic N) is 3. The summed E-state index contributed by atoms with van der Waals surface area (Å²) in [6.45, 7) is 6.33. The lowest BCUT2D eigenvalue weighted by Gasteiger charge is -2.28.